The molecule has 0 saturated heterocycles. The lowest BCUT2D eigenvalue weighted by molar-refractivity contribution is 0.126. The normalized spacial score (nSPS) is 15.7. The third kappa shape index (κ3) is 5.47. The van der Waals surface area contributed by atoms with Crippen LogP contribution in [0.3, 0.4) is 0 Å². The minimum Gasteiger partial charge on any atom is -0.380 e. The van der Waals surface area contributed by atoms with Gasteiger partial charge in [-0.25, -0.2) is 0 Å². The van der Waals surface area contributed by atoms with Crippen molar-refractivity contribution in [2.45, 2.75) is 39.0 Å². The first-order valence-electron chi connectivity index (χ1n) is 7.43. The molecule has 0 amide bonds. The Morgan fingerprint density at radius 2 is 1.84 bits per heavy atom. The Labute approximate surface area is 118 Å². The molecule has 0 aromatic heterocycles. The Bertz CT molecular complexity index is 379. The molecule has 0 heterocycles. The third-order valence-electron chi connectivity index (χ3n) is 3.62. The maximum atomic E-state index is 5.60. The van der Waals surface area contributed by atoms with Gasteiger partial charge in [-0.3, -0.25) is 0 Å². The Morgan fingerprint density at radius 3 is 2.42 bits per heavy atom. The monoisotopic (exact) mass is 277 g/mol. The van der Waals surface area contributed by atoms with E-state index in [1.807, 2.05) is 0 Å². The van der Waals surface area contributed by atoms with Crippen molar-refractivity contribution in [3.63, 3.8) is 0 Å². The first-order chi connectivity index (χ1) is 9.05. The van der Waals surface area contributed by atoms with E-state index in [1.165, 1.54) is 23.6 Å². The molecule has 0 aliphatic heterocycles. The first-order valence-corrected chi connectivity index (χ1v) is 10.9. The molecule has 0 bridgehead atoms. The van der Waals surface area contributed by atoms with E-state index < -0.39 is 8.07 Å². The van der Waals surface area contributed by atoms with Crippen molar-refractivity contribution >= 4 is 13.3 Å². The second-order valence-corrected chi connectivity index (χ2v) is 11.7. The summed E-state index contributed by atoms with van der Waals surface area (Å²) in [6.07, 6.45) is 2.74. The third-order valence-corrected chi connectivity index (χ3v) is 5.69. The van der Waals surface area contributed by atoms with Crippen LogP contribution in [-0.4, -0.2) is 27.8 Å². The summed E-state index contributed by atoms with van der Waals surface area (Å²) in [5.41, 5.74) is 1.36. The number of hydrogen-bond donors (Lipinski definition) is 1. The van der Waals surface area contributed by atoms with E-state index in [4.69, 9.17) is 4.74 Å². The summed E-state index contributed by atoms with van der Waals surface area (Å²) in [4.78, 5) is 0. The van der Waals surface area contributed by atoms with Crippen LogP contribution >= 0.6 is 0 Å². The fourth-order valence-corrected chi connectivity index (χ4v) is 3.20. The molecule has 1 N–H and O–H groups in total. The van der Waals surface area contributed by atoms with Crippen molar-refractivity contribution in [2.24, 2.45) is 5.92 Å². The predicted octanol–water partition coefficient (Wildman–Crippen LogP) is 2.75. The number of nitrogens with one attached hydrogen (secondary N) is 1. The largest absolute Gasteiger partial charge is 0.380 e. The van der Waals surface area contributed by atoms with Gasteiger partial charge in [0.1, 0.15) is 0 Å². The summed E-state index contributed by atoms with van der Waals surface area (Å²) in [7, 11) is -1.15. The van der Waals surface area contributed by atoms with Crippen LogP contribution in [-0.2, 0) is 11.3 Å². The first kappa shape index (κ1) is 14.8. The molecule has 1 aliphatic rings. The highest BCUT2D eigenvalue weighted by molar-refractivity contribution is 6.88. The van der Waals surface area contributed by atoms with E-state index in [1.54, 1.807) is 0 Å². The maximum Gasteiger partial charge on any atom is 0.0775 e. The van der Waals surface area contributed by atoms with E-state index in [9.17, 15) is 0 Å². The number of ether oxygens (including phenoxy) is 1. The van der Waals surface area contributed by atoms with Crippen molar-refractivity contribution in [1.29, 1.82) is 0 Å². The van der Waals surface area contributed by atoms with Crippen molar-refractivity contribution in [2.75, 3.05) is 19.8 Å². The standard InChI is InChI=1S/C16H27NOSi/c1-19(2,3)16-8-6-14(7-9-16)12-17-10-11-18-13-15-4-5-15/h6-9,15,17H,4-5,10-13H2,1-3H3. The van der Waals surface area contributed by atoms with Crippen LogP contribution < -0.4 is 10.5 Å². The lowest BCUT2D eigenvalue weighted by atomic mass is 10.2. The summed E-state index contributed by atoms with van der Waals surface area (Å²) in [6.45, 7) is 10.9. The van der Waals surface area contributed by atoms with Gasteiger partial charge in [-0.15, -0.1) is 0 Å². The van der Waals surface area contributed by atoms with E-state index >= 15 is 0 Å². The van der Waals surface area contributed by atoms with E-state index in [-0.39, 0.29) is 0 Å². The molecule has 0 unspecified atom stereocenters. The summed E-state index contributed by atoms with van der Waals surface area (Å²) in [6, 6.07) is 9.11. The van der Waals surface area contributed by atoms with Gasteiger partial charge in [-0.05, 0) is 24.3 Å². The fraction of sp³-hybridized carbons (Fsp3) is 0.625. The lowest BCUT2D eigenvalue weighted by Crippen LogP contribution is -2.37. The van der Waals surface area contributed by atoms with Gasteiger partial charge in [0, 0.05) is 19.7 Å². The molecule has 2 nitrogen and oxygen atoms in total. The van der Waals surface area contributed by atoms with Gasteiger partial charge in [0.2, 0.25) is 0 Å². The van der Waals surface area contributed by atoms with Gasteiger partial charge in [0.15, 0.2) is 0 Å². The second-order valence-electron chi connectivity index (χ2n) is 6.64. The highest BCUT2D eigenvalue weighted by atomic mass is 28.3. The molecular formula is C16H27NOSi. The van der Waals surface area contributed by atoms with E-state index in [0.717, 1.165) is 32.2 Å². The van der Waals surface area contributed by atoms with Gasteiger partial charge >= 0.3 is 0 Å². The zero-order valence-electron chi connectivity index (χ0n) is 12.5. The summed E-state index contributed by atoms with van der Waals surface area (Å²) in [5, 5.41) is 4.97. The average molecular weight is 277 g/mol. The van der Waals surface area contributed by atoms with Crippen LogP contribution in [0.5, 0.6) is 0 Å². The SMILES string of the molecule is C[Si](C)(C)c1ccc(CNCCOCC2CC2)cc1. The topological polar surface area (TPSA) is 21.3 Å². The highest BCUT2D eigenvalue weighted by Crippen LogP contribution is 2.28. The average Bonchev–Trinajstić information content (AvgIpc) is 3.17. The van der Waals surface area contributed by atoms with Gasteiger partial charge in [0.25, 0.3) is 0 Å². The molecule has 0 atom stereocenters. The Hall–Kier alpha value is -0.643. The number of benzene rings is 1. The molecule has 1 aliphatic carbocycles. The lowest BCUT2D eigenvalue weighted by Gasteiger charge is -2.16. The minimum absolute atomic E-state index is 0.837. The van der Waals surface area contributed by atoms with Crippen molar-refractivity contribution < 1.29 is 4.74 Å². The maximum absolute atomic E-state index is 5.60. The van der Waals surface area contributed by atoms with Crippen LogP contribution in [0.2, 0.25) is 19.6 Å². The molecule has 3 heteroatoms. The van der Waals surface area contributed by atoms with Crippen LogP contribution in [0, 0.1) is 5.92 Å². The molecule has 0 radical (unpaired) electrons. The zero-order chi connectivity index (χ0) is 13.7. The second kappa shape index (κ2) is 6.68. The van der Waals surface area contributed by atoms with Crippen LogP contribution in [0.25, 0.3) is 0 Å². The quantitative estimate of drug-likeness (QED) is 0.583. The van der Waals surface area contributed by atoms with Gasteiger partial charge in [0.05, 0.1) is 14.7 Å². The zero-order valence-corrected chi connectivity index (χ0v) is 13.5. The Balaban J connectivity index is 1.62. The Morgan fingerprint density at radius 1 is 1.16 bits per heavy atom. The molecule has 1 aromatic rings. The number of hydrogen-bond acceptors (Lipinski definition) is 2. The fourth-order valence-electron chi connectivity index (χ4n) is 2.03. The van der Waals surface area contributed by atoms with Gasteiger partial charge in [-0.2, -0.15) is 0 Å². The molecule has 106 valence electrons. The van der Waals surface area contributed by atoms with Gasteiger partial charge in [-0.1, -0.05) is 49.1 Å². The Kier molecular flexibility index (Phi) is 5.19. The smallest absolute Gasteiger partial charge is 0.0775 e. The molecular weight excluding hydrogens is 250 g/mol. The van der Waals surface area contributed by atoms with Crippen LogP contribution in [0.15, 0.2) is 24.3 Å². The molecule has 1 fully saturated rings. The van der Waals surface area contributed by atoms with Crippen molar-refractivity contribution in [1.82, 2.24) is 5.32 Å². The summed E-state index contributed by atoms with van der Waals surface area (Å²) >= 11 is 0. The van der Waals surface area contributed by atoms with E-state index in [0.29, 0.717) is 0 Å². The van der Waals surface area contributed by atoms with Crippen molar-refractivity contribution in [3.05, 3.63) is 29.8 Å². The van der Waals surface area contributed by atoms with Crippen LogP contribution in [0.1, 0.15) is 18.4 Å². The van der Waals surface area contributed by atoms with Crippen LogP contribution in [0.4, 0.5) is 0 Å². The highest BCUT2D eigenvalue weighted by Gasteiger charge is 2.20. The number of rotatable bonds is 8. The van der Waals surface area contributed by atoms with Gasteiger partial charge < -0.3 is 10.1 Å². The molecule has 19 heavy (non-hydrogen) atoms. The molecule has 2 rings (SSSR count). The van der Waals surface area contributed by atoms with E-state index in [2.05, 4.69) is 49.2 Å². The van der Waals surface area contributed by atoms with Crippen molar-refractivity contribution in [3.8, 4) is 0 Å². The summed E-state index contributed by atoms with van der Waals surface area (Å²) in [5.74, 6) is 0.870. The minimum atomic E-state index is -1.15. The predicted molar refractivity (Wildman–Crippen MR) is 84.7 cm³/mol. The molecule has 0 spiro atoms. The summed E-state index contributed by atoms with van der Waals surface area (Å²) < 4.78 is 5.60. The molecule has 1 saturated carbocycles. The molecule has 1 aromatic carbocycles.